The van der Waals surface area contributed by atoms with Gasteiger partial charge in [-0.25, -0.2) is 0 Å². The lowest BCUT2D eigenvalue weighted by atomic mass is 9.93. The zero-order chi connectivity index (χ0) is 18.3. The Morgan fingerprint density at radius 2 is 1.81 bits per heavy atom. The highest BCUT2D eigenvalue weighted by atomic mass is 127. The van der Waals surface area contributed by atoms with E-state index in [-0.39, 0.29) is 29.9 Å². The largest absolute Gasteiger partial charge is 0.379 e. The third-order valence-corrected chi connectivity index (χ3v) is 4.42. The number of amides is 1. The molecule has 1 aliphatic heterocycles. The van der Waals surface area contributed by atoms with Gasteiger partial charge in [-0.2, -0.15) is 0 Å². The molecule has 0 aromatic carbocycles. The maximum atomic E-state index is 11.5. The predicted octanol–water partition coefficient (Wildman–Crippen LogP) is 1.86. The molecule has 2 N–H and O–H groups in total. The highest BCUT2D eigenvalue weighted by Crippen LogP contribution is 2.20. The molecule has 0 atom stereocenters. The number of guanidine groups is 1. The molecule has 0 bridgehead atoms. The van der Waals surface area contributed by atoms with Crippen molar-refractivity contribution in [3.05, 3.63) is 0 Å². The van der Waals surface area contributed by atoms with Gasteiger partial charge in [0.15, 0.2) is 5.96 Å². The molecule has 1 rings (SSSR count). The molecule has 0 radical (unpaired) electrons. The van der Waals surface area contributed by atoms with Crippen molar-refractivity contribution in [3.63, 3.8) is 0 Å². The maximum absolute atomic E-state index is 11.5. The van der Waals surface area contributed by atoms with E-state index in [1.54, 1.807) is 14.1 Å². The molecule has 0 spiro atoms. The second-order valence-corrected chi connectivity index (χ2v) is 6.36. The summed E-state index contributed by atoms with van der Waals surface area (Å²) in [6, 6.07) is 0. The number of likely N-dealkylation sites (tertiary alicyclic amines) is 1. The molecule has 0 aromatic rings. The van der Waals surface area contributed by atoms with Crippen LogP contribution in [-0.2, 0) is 14.3 Å². The molecular formula is C18H37IN4O3. The van der Waals surface area contributed by atoms with E-state index in [1.165, 1.54) is 0 Å². The summed E-state index contributed by atoms with van der Waals surface area (Å²) in [5.74, 6) is 1.53. The zero-order valence-corrected chi connectivity index (χ0v) is 18.9. The molecule has 1 aliphatic rings. The number of carbonyl (C=O) groups is 1. The van der Waals surface area contributed by atoms with Crippen molar-refractivity contribution in [1.82, 2.24) is 15.5 Å². The summed E-state index contributed by atoms with van der Waals surface area (Å²) in [4.78, 5) is 18.1. The quantitative estimate of drug-likeness (QED) is 0.203. The summed E-state index contributed by atoms with van der Waals surface area (Å²) < 4.78 is 11.0. The Morgan fingerprint density at radius 3 is 2.38 bits per heavy atom. The molecule has 1 heterocycles. The van der Waals surface area contributed by atoms with Crippen molar-refractivity contribution in [1.29, 1.82) is 0 Å². The minimum absolute atomic E-state index is 0. The lowest BCUT2D eigenvalue weighted by Gasteiger charge is -2.34. The van der Waals surface area contributed by atoms with Crippen LogP contribution in [-0.4, -0.2) is 76.9 Å². The Hall–Kier alpha value is -0.610. The number of nitrogens with zero attached hydrogens (tertiary/aromatic N) is 2. The van der Waals surface area contributed by atoms with E-state index < -0.39 is 0 Å². The highest BCUT2D eigenvalue weighted by Gasteiger charge is 2.22. The number of ether oxygens (including phenoxy) is 2. The van der Waals surface area contributed by atoms with Crippen molar-refractivity contribution in [2.24, 2.45) is 10.9 Å². The third kappa shape index (κ3) is 11.2. The monoisotopic (exact) mass is 484 g/mol. The van der Waals surface area contributed by atoms with Crippen LogP contribution < -0.4 is 10.6 Å². The molecule has 1 amide bonds. The van der Waals surface area contributed by atoms with Crippen LogP contribution in [0.4, 0.5) is 0 Å². The molecular weight excluding hydrogens is 447 g/mol. The molecule has 0 saturated carbocycles. The van der Waals surface area contributed by atoms with Gasteiger partial charge in [-0.3, -0.25) is 9.79 Å². The lowest BCUT2D eigenvalue weighted by Crippen LogP contribution is -2.46. The van der Waals surface area contributed by atoms with Crippen LogP contribution in [0.15, 0.2) is 4.99 Å². The standard InChI is InChI=1S/C18H36N4O3.HI/c1-4-5-11-24-13-14-25-12-8-21-18(20-3)22-9-6-16(7-10-22)15-17(23)19-2;/h16H,4-15H2,1-3H3,(H,19,23)(H,20,21);1H. The molecule has 7 nitrogen and oxygen atoms in total. The fourth-order valence-corrected chi connectivity index (χ4v) is 2.85. The smallest absolute Gasteiger partial charge is 0.220 e. The van der Waals surface area contributed by atoms with Gasteiger partial charge in [0.1, 0.15) is 0 Å². The minimum atomic E-state index is 0. The topological polar surface area (TPSA) is 75.2 Å². The zero-order valence-electron chi connectivity index (χ0n) is 16.6. The summed E-state index contributed by atoms with van der Waals surface area (Å²) in [6.07, 6.45) is 4.95. The van der Waals surface area contributed by atoms with E-state index in [9.17, 15) is 4.79 Å². The van der Waals surface area contributed by atoms with Gasteiger partial charge in [0.25, 0.3) is 0 Å². The Labute approximate surface area is 175 Å². The van der Waals surface area contributed by atoms with E-state index in [1.807, 2.05) is 0 Å². The first-order valence-corrected chi connectivity index (χ1v) is 9.52. The number of halogens is 1. The fourth-order valence-electron chi connectivity index (χ4n) is 2.85. The number of carbonyl (C=O) groups excluding carboxylic acids is 1. The number of nitrogens with one attached hydrogen (secondary N) is 2. The average molecular weight is 484 g/mol. The van der Waals surface area contributed by atoms with Crippen molar-refractivity contribution >= 4 is 35.8 Å². The van der Waals surface area contributed by atoms with Gasteiger partial charge in [0.05, 0.1) is 19.8 Å². The SMILES string of the molecule is CCCCOCCOCCNC(=NC)N1CCC(CC(=O)NC)CC1.I. The summed E-state index contributed by atoms with van der Waals surface area (Å²) in [5, 5.41) is 6.05. The Morgan fingerprint density at radius 1 is 1.15 bits per heavy atom. The van der Waals surface area contributed by atoms with Crippen molar-refractivity contribution in [2.75, 3.05) is 60.2 Å². The first-order valence-electron chi connectivity index (χ1n) is 9.52. The normalized spacial score (nSPS) is 15.5. The highest BCUT2D eigenvalue weighted by molar-refractivity contribution is 14.0. The summed E-state index contributed by atoms with van der Waals surface area (Å²) in [6.45, 7) is 7.52. The molecule has 1 saturated heterocycles. The third-order valence-electron chi connectivity index (χ3n) is 4.42. The predicted molar refractivity (Wildman–Crippen MR) is 116 cm³/mol. The van der Waals surface area contributed by atoms with E-state index in [2.05, 4.69) is 27.4 Å². The van der Waals surface area contributed by atoms with Crippen LogP contribution in [0, 0.1) is 5.92 Å². The summed E-state index contributed by atoms with van der Waals surface area (Å²) >= 11 is 0. The Kier molecular flexibility index (Phi) is 16.2. The first kappa shape index (κ1) is 25.4. The molecule has 154 valence electrons. The van der Waals surface area contributed by atoms with Crippen molar-refractivity contribution in [3.8, 4) is 0 Å². The molecule has 8 heteroatoms. The van der Waals surface area contributed by atoms with Gasteiger partial charge >= 0.3 is 0 Å². The van der Waals surface area contributed by atoms with Crippen LogP contribution >= 0.6 is 24.0 Å². The van der Waals surface area contributed by atoms with Crippen molar-refractivity contribution < 1.29 is 14.3 Å². The summed E-state index contributed by atoms with van der Waals surface area (Å²) in [7, 11) is 3.50. The second kappa shape index (κ2) is 16.6. The van der Waals surface area contributed by atoms with Gasteiger partial charge < -0.3 is 25.0 Å². The van der Waals surface area contributed by atoms with Crippen LogP contribution in [0.3, 0.4) is 0 Å². The van der Waals surface area contributed by atoms with Crippen LogP contribution in [0.2, 0.25) is 0 Å². The fraction of sp³-hybridized carbons (Fsp3) is 0.889. The number of unbranched alkanes of at least 4 members (excludes halogenated alkanes) is 1. The number of piperidine rings is 1. The average Bonchev–Trinajstić information content (AvgIpc) is 2.64. The lowest BCUT2D eigenvalue weighted by molar-refractivity contribution is -0.121. The van der Waals surface area contributed by atoms with E-state index in [4.69, 9.17) is 9.47 Å². The van der Waals surface area contributed by atoms with Crippen LogP contribution in [0.5, 0.6) is 0 Å². The van der Waals surface area contributed by atoms with Gasteiger partial charge in [-0.1, -0.05) is 13.3 Å². The Bertz CT molecular complexity index is 389. The maximum Gasteiger partial charge on any atom is 0.220 e. The Balaban J connectivity index is 0.00000625. The number of aliphatic imine (C=N–C) groups is 1. The van der Waals surface area contributed by atoms with E-state index in [0.717, 1.165) is 57.9 Å². The van der Waals surface area contributed by atoms with Gasteiger partial charge in [0, 0.05) is 46.8 Å². The molecule has 26 heavy (non-hydrogen) atoms. The van der Waals surface area contributed by atoms with Gasteiger partial charge in [0.2, 0.25) is 5.91 Å². The second-order valence-electron chi connectivity index (χ2n) is 6.36. The number of rotatable bonds is 11. The number of hydrogen-bond donors (Lipinski definition) is 2. The van der Waals surface area contributed by atoms with Crippen LogP contribution in [0.1, 0.15) is 39.0 Å². The summed E-state index contributed by atoms with van der Waals surface area (Å²) in [5.41, 5.74) is 0. The molecule has 1 fully saturated rings. The number of hydrogen-bond acceptors (Lipinski definition) is 4. The van der Waals surface area contributed by atoms with E-state index >= 15 is 0 Å². The first-order chi connectivity index (χ1) is 12.2. The molecule has 0 aliphatic carbocycles. The molecule has 0 aromatic heterocycles. The van der Waals surface area contributed by atoms with Gasteiger partial charge in [-0.05, 0) is 25.2 Å². The van der Waals surface area contributed by atoms with Gasteiger partial charge in [-0.15, -0.1) is 24.0 Å². The minimum Gasteiger partial charge on any atom is -0.379 e. The van der Waals surface area contributed by atoms with Crippen molar-refractivity contribution in [2.45, 2.75) is 39.0 Å². The van der Waals surface area contributed by atoms with E-state index in [0.29, 0.717) is 32.2 Å². The molecule has 0 unspecified atom stereocenters. The van der Waals surface area contributed by atoms with Crippen LogP contribution in [0.25, 0.3) is 0 Å².